The third-order valence-corrected chi connectivity index (χ3v) is 13.2. The Labute approximate surface area is 436 Å². The molecule has 0 aliphatic rings. The van der Waals surface area contributed by atoms with Gasteiger partial charge in [-0.25, -0.2) is 0 Å². The van der Waals surface area contributed by atoms with Crippen LogP contribution in [0.15, 0.2) is 72.9 Å². The normalized spacial score (nSPS) is 12.7. The Morgan fingerprint density at radius 1 is 0.314 bits per heavy atom. The number of esters is 2. The van der Waals surface area contributed by atoms with Gasteiger partial charge >= 0.3 is 11.9 Å². The van der Waals surface area contributed by atoms with Crippen LogP contribution in [0.5, 0.6) is 0 Å². The fraction of sp³-hybridized carbons (Fsp3) is 0.785. The second-order valence-electron chi connectivity index (χ2n) is 20.2. The topological polar surface area (TPSA) is 61.8 Å². The fourth-order valence-electron chi connectivity index (χ4n) is 8.60. The van der Waals surface area contributed by atoms with E-state index in [1.807, 2.05) is 0 Å². The first-order chi connectivity index (χ1) is 34.6. The number of allylic oxidation sites excluding steroid dienone is 12. The minimum Gasteiger partial charge on any atom is -0.462 e. The molecule has 0 fully saturated rings. The Morgan fingerprint density at radius 2 is 0.600 bits per heavy atom. The van der Waals surface area contributed by atoms with Gasteiger partial charge in [0.25, 0.3) is 0 Å². The van der Waals surface area contributed by atoms with Crippen molar-refractivity contribution in [1.29, 1.82) is 0 Å². The van der Waals surface area contributed by atoms with Crippen LogP contribution in [0.2, 0.25) is 0 Å². The highest BCUT2D eigenvalue weighted by atomic mass is 16.6. The van der Waals surface area contributed by atoms with E-state index in [1.165, 1.54) is 186 Å². The van der Waals surface area contributed by atoms with Gasteiger partial charge in [0.05, 0.1) is 6.61 Å². The number of rotatable bonds is 56. The number of hydrogen-bond acceptors (Lipinski definition) is 5. The molecule has 0 spiro atoms. The van der Waals surface area contributed by atoms with E-state index in [4.69, 9.17) is 14.2 Å². The molecule has 0 aromatic carbocycles. The molecule has 0 aliphatic carbocycles. The smallest absolute Gasteiger partial charge is 0.306 e. The summed E-state index contributed by atoms with van der Waals surface area (Å²) in [6, 6.07) is 0. The first-order valence-corrected chi connectivity index (χ1v) is 30.5. The van der Waals surface area contributed by atoms with Crippen molar-refractivity contribution in [1.82, 2.24) is 0 Å². The van der Waals surface area contributed by atoms with Crippen molar-refractivity contribution < 1.29 is 23.8 Å². The monoisotopic (exact) mass is 977 g/mol. The van der Waals surface area contributed by atoms with Crippen LogP contribution in [0.4, 0.5) is 0 Å². The van der Waals surface area contributed by atoms with Gasteiger partial charge in [0.15, 0.2) is 6.10 Å². The summed E-state index contributed by atoms with van der Waals surface area (Å²) in [6.45, 7) is 7.78. The molecule has 70 heavy (non-hydrogen) atoms. The van der Waals surface area contributed by atoms with Gasteiger partial charge < -0.3 is 14.2 Å². The van der Waals surface area contributed by atoms with E-state index >= 15 is 0 Å². The lowest BCUT2D eigenvalue weighted by Gasteiger charge is -2.18. The van der Waals surface area contributed by atoms with E-state index in [2.05, 4.69) is 93.7 Å². The van der Waals surface area contributed by atoms with E-state index < -0.39 is 6.10 Å². The molecule has 0 bridgehead atoms. The van der Waals surface area contributed by atoms with Gasteiger partial charge in [0.2, 0.25) is 0 Å². The first kappa shape index (κ1) is 67.3. The standard InChI is InChI=1S/C65H116O5/c1-4-7-10-13-16-19-22-25-28-30-32-34-36-39-42-45-48-51-54-57-60-68-61-63(70-65(67)59-56-53-50-47-44-41-37-27-24-21-18-15-12-9-6-3)62-69-64(66)58-55-52-49-46-43-40-38-35-33-31-29-26-23-20-17-14-11-8-5-2/h17-18,20-21,25-29,33,35,37,63H,4-16,19,22-24,30-32,34,36,38-62H2,1-3H3/b20-17-,21-18-,28-25-,29-26-,35-33-,37-27-. The fourth-order valence-corrected chi connectivity index (χ4v) is 8.60. The molecule has 0 aliphatic heterocycles. The Bertz CT molecular complexity index is 1240. The van der Waals surface area contributed by atoms with Crippen LogP contribution in [0.1, 0.15) is 303 Å². The second-order valence-corrected chi connectivity index (χ2v) is 20.2. The average molecular weight is 978 g/mol. The maximum atomic E-state index is 12.9. The number of carbonyl (C=O) groups excluding carboxylic acids is 2. The van der Waals surface area contributed by atoms with Crippen LogP contribution in [0.25, 0.3) is 0 Å². The Kier molecular flexibility index (Phi) is 58.3. The third kappa shape index (κ3) is 57.9. The predicted molar refractivity (Wildman–Crippen MR) is 307 cm³/mol. The SMILES string of the molecule is CCCCC/C=C\C/C=C\C/C=C\CCCCCCCCC(=O)OCC(COCCCCCCCCCCCC/C=C\CCCCCCCC)OC(=O)CCCCCCC/C=C\C/C=C\CCCCC. The van der Waals surface area contributed by atoms with Crippen molar-refractivity contribution in [3.8, 4) is 0 Å². The van der Waals surface area contributed by atoms with Crippen molar-refractivity contribution in [3.05, 3.63) is 72.9 Å². The molecule has 1 atom stereocenters. The van der Waals surface area contributed by atoms with E-state index in [0.29, 0.717) is 19.4 Å². The maximum Gasteiger partial charge on any atom is 0.306 e. The van der Waals surface area contributed by atoms with Crippen LogP contribution < -0.4 is 0 Å². The molecule has 0 amide bonds. The van der Waals surface area contributed by atoms with E-state index in [0.717, 1.165) is 83.5 Å². The number of unbranched alkanes of at least 4 members (excludes halogenated alkanes) is 33. The zero-order valence-electron chi connectivity index (χ0n) is 46.8. The van der Waals surface area contributed by atoms with Crippen molar-refractivity contribution in [2.24, 2.45) is 0 Å². The molecule has 5 heteroatoms. The van der Waals surface area contributed by atoms with Gasteiger partial charge in [0.1, 0.15) is 6.61 Å². The maximum absolute atomic E-state index is 12.9. The first-order valence-electron chi connectivity index (χ1n) is 30.5. The zero-order valence-corrected chi connectivity index (χ0v) is 46.8. The molecule has 1 unspecified atom stereocenters. The zero-order chi connectivity index (χ0) is 50.6. The lowest BCUT2D eigenvalue weighted by molar-refractivity contribution is -0.163. The van der Waals surface area contributed by atoms with Gasteiger partial charge in [-0.15, -0.1) is 0 Å². The van der Waals surface area contributed by atoms with Gasteiger partial charge in [-0.3, -0.25) is 9.59 Å². The second kappa shape index (κ2) is 60.6. The van der Waals surface area contributed by atoms with E-state index in [-0.39, 0.29) is 25.2 Å². The quantitative estimate of drug-likeness (QED) is 0.0345. The molecular formula is C65H116O5. The molecule has 0 rings (SSSR count). The molecule has 0 aromatic heterocycles. The average Bonchev–Trinajstić information content (AvgIpc) is 3.36. The molecule has 0 radical (unpaired) electrons. The van der Waals surface area contributed by atoms with Crippen LogP contribution in [0.3, 0.4) is 0 Å². The van der Waals surface area contributed by atoms with Gasteiger partial charge in [-0.2, -0.15) is 0 Å². The molecule has 0 N–H and O–H groups in total. The van der Waals surface area contributed by atoms with Crippen LogP contribution in [0, 0.1) is 0 Å². The van der Waals surface area contributed by atoms with Crippen molar-refractivity contribution in [2.45, 2.75) is 309 Å². The van der Waals surface area contributed by atoms with Crippen molar-refractivity contribution >= 4 is 11.9 Å². The summed E-state index contributed by atoms with van der Waals surface area (Å²) in [5.41, 5.74) is 0. The minimum atomic E-state index is -0.553. The molecule has 0 aromatic rings. The number of ether oxygens (including phenoxy) is 3. The van der Waals surface area contributed by atoms with Gasteiger partial charge in [-0.05, 0) is 116 Å². The largest absolute Gasteiger partial charge is 0.462 e. The lowest BCUT2D eigenvalue weighted by atomic mass is 10.1. The Hall–Kier alpha value is -2.66. The van der Waals surface area contributed by atoms with Crippen LogP contribution in [-0.4, -0.2) is 37.9 Å². The van der Waals surface area contributed by atoms with Gasteiger partial charge in [0, 0.05) is 19.4 Å². The lowest BCUT2D eigenvalue weighted by Crippen LogP contribution is -2.30. The summed E-state index contributed by atoms with van der Waals surface area (Å²) >= 11 is 0. The molecule has 0 saturated carbocycles. The Morgan fingerprint density at radius 3 is 1.00 bits per heavy atom. The van der Waals surface area contributed by atoms with Crippen molar-refractivity contribution in [2.75, 3.05) is 19.8 Å². The third-order valence-electron chi connectivity index (χ3n) is 13.2. The molecule has 406 valence electrons. The molecule has 0 heterocycles. The Balaban J connectivity index is 4.29. The highest BCUT2D eigenvalue weighted by Gasteiger charge is 2.17. The summed E-state index contributed by atoms with van der Waals surface area (Å²) in [6.07, 6.45) is 79.3. The highest BCUT2D eigenvalue weighted by Crippen LogP contribution is 2.15. The summed E-state index contributed by atoms with van der Waals surface area (Å²) in [5.74, 6) is -0.419. The number of hydrogen-bond donors (Lipinski definition) is 0. The summed E-state index contributed by atoms with van der Waals surface area (Å²) < 4.78 is 17.5. The highest BCUT2D eigenvalue weighted by molar-refractivity contribution is 5.70. The van der Waals surface area contributed by atoms with Crippen molar-refractivity contribution in [3.63, 3.8) is 0 Å². The van der Waals surface area contributed by atoms with E-state index in [9.17, 15) is 9.59 Å². The number of carbonyl (C=O) groups is 2. The summed E-state index contributed by atoms with van der Waals surface area (Å²) in [4.78, 5) is 25.6. The van der Waals surface area contributed by atoms with Gasteiger partial charge in [-0.1, -0.05) is 248 Å². The molecule has 5 nitrogen and oxygen atoms in total. The molecular weight excluding hydrogens is 861 g/mol. The van der Waals surface area contributed by atoms with Crippen LogP contribution >= 0.6 is 0 Å². The summed E-state index contributed by atoms with van der Waals surface area (Å²) in [7, 11) is 0. The minimum absolute atomic E-state index is 0.0716. The van der Waals surface area contributed by atoms with E-state index in [1.54, 1.807) is 0 Å². The van der Waals surface area contributed by atoms with Crippen LogP contribution in [-0.2, 0) is 23.8 Å². The summed E-state index contributed by atoms with van der Waals surface area (Å²) in [5, 5.41) is 0. The molecule has 0 saturated heterocycles. The predicted octanol–water partition coefficient (Wildman–Crippen LogP) is 21.0.